The third-order valence-electron chi connectivity index (χ3n) is 18.9. The number of benzene rings is 2. The van der Waals surface area contributed by atoms with Crippen molar-refractivity contribution in [3.05, 3.63) is 94.6 Å². The van der Waals surface area contributed by atoms with Crippen LogP contribution in [0.3, 0.4) is 0 Å². The highest BCUT2D eigenvalue weighted by molar-refractivity contribution is 7.90. The number of sulfonamides is 1. The van der Waals surface area contributed by atoms with Crippen molar-refractivity contribution >= 4 is 58.0 Å². The van der Waals surface area contributed by atoms with Gasteiger partial charge in [0.1, 0.15) is 59.2 Å². The van der Waals surface area contributed by atoms with Gasteiger partial charge >= 0.3 is 24.4 Å². The Labute approximate surface area is 548 Å². The van der Waals surface area contributed by atoms with Crippen molar-refractivity contribution in [1.29, 1.82) is 0 Å². The number of hydrogen-bond acceptors (Lipinski definition) is 15. The van der Waals surface area contributed by atoms with Crippen LogP contribution in [0.1, 0.15) is 167 Å². The number of nitrogens with zero attached hydrogens (tertiary/aromatic N) is 4. The largest absolute Gasteiger partial charge is 0.444 e. The van der Waals surface area contributed by atoms with Crippen molar-refractivity contribution < 1.29 is 79.6 Å². The first-order chi connectivity index (χ1) is 44.5. The number of aliphatic hydroxyl groups excluding tert-OH is 1. The summed E-state index contributed by atoms with van der Waals surface area (Å²) in [6, 6.07) is 5.37. The van der Waals surface area contributed by atoms with Crippen molar-refractivity contribution in [2.75, 3.05) is 26.2 Å². The molecule has 0 aromatic heterocycles. The van der Waals surface area contributed by atoms with Gasteiger partial charge in [-0.3, -0.25) is 29.0 Å². The fourth-order valence-electron chi connectivity index (χ4n) is 13.4. The number of amides is 8. The van der Waals surface area contributed by atoms with E-state index in [0.717, 1.165) is 38.5 Å². The highest BCUT2D eigenvalue weighted by Gasteiger charge is 2.58. The maximum absolute atomic E-state index is 14.4. The molecular formula is C67H91F2N9O15S. The van der Waals surface area contributed by atoms with Gasteiger partial charge < -0.3 is 55.1 Å². The highest BCUT2D eigenvalue weighted by Crippen LogP contribution is 2.47. The Bertz CT molecular complexity index is 3390. The summed E-state index contributed by atoms with van der Waals surface area (Å²) >= 11 is 0. The first kappa shape index (κ1) is 69.4. The van der Waals surface area contributed by atoms with Crippen molar-refractivity contribution in [3.8, 4) is 0 Å². The van der Waals surface area contributed by atoms with E-state index >= 15 is 0 Å². The number of carbonyl (C=O) groups excluding carboxylic acids is 8. The molecule has 5 fully saturated rings. The number of hydrogen-bond donors (Lipinski definition) is 6. The zero-order valence-electron chi connectivity index (χ0n) is 54.6. The van der Waals surface area contributed by atoms with Crippen molar-refractivity contribution in [2.24, 2.45) is 11.8 Å². The third-order valence-corrected chi connectivity index (χ3v) is 20.8. The molecular weight excluding hydrogens is 1240 g/mol. The van der Waals surface area contributed by atoms with E-state index in [0.29, 0.717) is 73.6 Å². The molecule has 0 unspecified atom stereocenters. The SMILES string of the molecule is CC(C)(C)OC(=O)N[C@H]1CCCCC/C=C\[C@@H]2C[C@@]2(CNS(=O)(=O)C2CC2)NC(=O)[C@@H]2C[C@@H](OC(=O)N3Cc4cccc(F)c4C3)CN2C1=O.CC(C)(C)OC(=O)N[C@H]1CCCCC/C=C\[C@@H]2C[C@@]2(CO)NC(=O)[C@@H]2C[C@@H](OC(=O)N3Cc4cccc(F)c4C3)CN2C1=O. The smallest absolute Gasteiger partial charge is 0.410 e. The first-order valence-corrected chi connectivity index (χ1v) is 34.7. The van der Waals surface area contributed by atoms with E-state index in [9.17, 15) is 60.7 Å². The average molecular weight is 1330 g/mol. The first-order valence-electron chi connectivity index (χ1n) is 33.1. The number of fused-ring (bicyclic) bond motifs is 6. The van der Waals surface area contributed by atoms with Crippen LogP contribution in [0.2, 0.25) is 0 Å². The summed E-state index contributed by atoms with van der Waals surface area (Å²) in [4.78, 5) is 114. The normalized spacial score (nSPS) is 29.6. The van der Waals surface area contributed by atoms with Gasteiger partial charge in [-0.25, -0.2) is 41.1 Å². The molecule has 10 atom stereocenters. The zero-order chi connectivity index (χ0) is 67.5. The summed E-state index contributed by atoms with van der Waals surface area (Å²) in [6.07, 6.45) is 12.9. The molecule has 6 heterocycles. The van der Waals surface area contributed by atoms with Gasteiger partial charge in [-0.1, -0.05) is 74.3 Å². The summed E-state index contributed by atoms with van der Waals surface area (Å²) in [6.45, 7) is 10.4. The molecule has 3 saturated carbocycles. The Morgan fingerprint density at radius 3 is 1.48 bits per heavy atom. The van der Waals surface area contributed by atoms with Gasteiger partial charge in [0.15, 0.2) is 0 Å². The predicted octanol–water partition coefficient (Wildman–Crippen LogP) is 7.15. The number of alkyl carbamates (subject to hydrolysis) is 2. The van der Waals surface area contributed by atoms with Crippen LogP contribution in [0.4, 0.5) is 28.0 Å². The minimum atomic E-state index is -3.52. The lowest BCUT2D eigenvalue weighted by Gasteiger charge is -2.30. The summed E-state index contributed by atoms with van der Waals surface area (Å²) < 4.78 is 79.4. The standard InChI is InChI=1S/C35H48FN5O8S.C32H43FN4O7/c1-34(2,3)49-32(44)38-28-13-8-6-4-5-7-11-23-17-35(23,21-37-50(46,47)25-14-15-25)39-30(42)29-16-24(19-41(29)31(28)43)48-33(45)40-18-22-10-9-12-27(36)26(22)20-40;1-31(2,3)44-29(41)34-25-13-8-6-4-5-7-11-21-15-32(21,19-38)35-27(39)26-14-22(17-37(26)28(25)40)43-30(42)36-16-20-10-9-12-24(33)23(20)18-36/h7,9-12,23-25,28-29,37H,4-6,8,13-21H2,1-3H3,(H,38,44)(H,39,42);7,9-12,21-22,25-26,38H,4-6,8,13-19H2,1-3H3,(H,34,41)(H,35,39)/b2*11-7-/t23-,24-,28+,29+,35+;21-,22-,25+,26+,32+/m11/s1. The van der Waals surface area contributed by atoms with Gasteiger partial charge in [-0.05, 0) is 129 Å². The van der Waals surface area contributed by atoms with Crippen LogP contribution < -0.4 is 26.0 Å². The monoisotopic (exact) mass is 1330 g/mol. The minimum absolute atomic E-state index is 0.0119. The van der Waals surface area contributed by atoms with Gasteiger partial charge in [0.2, 0.25) is 33.7 Å². The molecule has 9 aliphatic rings. The van der Waals surface area contributed by atoms with E-state index in [-0.39, 0.29) is 82.9 Å². The number of carbonyl (C=O) groups is 8. The molecule has 514 valence electrons. The molecule has 2 saturated heterocycles. The van der Waals surface area contributed by atoms with Crippen LogP contribution in [-0.4, -0.2) is 171 Å². The number of allylic oxidation sites excluding steroid dienone is 2. The Hall–Kier alpha value is -7.39. The van der Waals surface area contributed by atoms with E-state index < -0.39 is 128 Å². The zero-order valence-corrected chi connectivity index (χ0v) is 55.4. The van der Waals surface area contributed by atoms with Crippen LogP contribution in [0.5, 0.6) is 0 Å². The lowest BCUT2D eigenvalue weighted by Crippen LogP contribution is -2.57. The summed E-state index contributed by atoms with van der Waals surface area (Å²) in [5, 5.41) is 21.2. The van der Waals surface area contributed by atoms with Gasteiger partial charge in [-0.15, -0.1) is 0 Å². The molecule has 2 aromatic carbocycles. The molecule has 8 amide bonds. The molecule has 0 spiro atoms. The molecule has 2 aromatic rings. The van der Waals surface area contributed by atoms with E-state index in [1.807, 2.05) is 12.2 Å². The molecule has 94 heavy (non-hydrogen) atoms. The summed E-state index contributed by atoms with van der Waals surface area (Å²) in [5.41, 5.74) is -1.01. The Balaban J connectivity index is 0.000000207. The second kappa shape index (κ2) is 28.5. The van der Waals surface area contributed by atoms with E-state index in [2.05, 4.69) is 38.1 Å². The fourth-order valence-corrected chi connectivity index (χ4v) is 14.9. The average Bonchev–Trinajstić information content (AvgIpc) is 1.60. The minimum Gasteiger partial charge on any atom is -0.444 e. The lowest BCUT2D eigenvalue weighted by molar-refractivity contribution is -0.140. The van der Waals surface area contributed by atoms with Gasteiger partial charge in [0.25, 0.3) is 0 Å². The van der Waals surface area contributed by atoms with Crippen molar-refractivity contribution in [2.45, 2.75) is 234 Å². The maximum atomic E-state index is 14.4. The van der Waals surface area contributed by atoms with E-state index in [1.165, 1.54) is 31.7 Å². The molecule has 27 heteroatoms. The maximum Gasteiger partial charge on any atom is 0.410 e. The second-order valence-electron chi connectivity index (χ2n) is 28.6. The summed E-state index contributed by atoms with van der Waals surface area (Å²) in [7, 11) is -3.52. The molecule has 0 radical (unpaired) electrons. The molecule has 6 N–H and O–H groups in total. The number of nitrogens with one attached hydrogen (secondary N) is 5. The molecule has 24 nitrogen and oxygen atoms in total. The summed E-state index contributed by atoms with van der Waals surface area (Å²) in [5.74, 6) is -2.84. The van der Waals surface area contributed by atoms with Crippen LogP contribution in [0, 0.1) is 23.5 Å². The van der Waals surface area contributed by atoms with Crippen LogP contribution in [0.25, 0.3) is 0 Å². The van der Waals surface area contributed by atoms with Gasteiger partial charge in [0.05, 0.1) is 49.1 Å². The highest BCUT2D eigenvalue weighted by atomic mass is 32.2. The number of halogens is 2. The quantitative estimate of drug-likeness (QED) is 0.107. The Morgan fingerprint density at radius 1 is 0.617 bits per heavy atom. The molecule has 0 bridgehead atoms. The predicted molar refractivity (Wildman–Crippen MR) is 338 cm³/mol. The van der Waals surface area contributed by atoms with Crippen LogP contribution in [0.15, 0.2) is 60.7 Å². The molecule has 11 rings (SSSR count). The topological polar surface area (TPSA) is 301 Å². The molecule has 3 aliphatic carbocycles. The van der Waals surface area contributed by atoms with Crippen LogP contribution in [-0.2, 0) is 74.3 Å². The van der Waals surface area contributed by atoms with Crippen molar-refractivity contribution in [1.82, 2.24) is 45.6 Å². The Morgan fingerprint density at radius 2 is 1.05 bits per heavy atom. The Kier molecular flexibility index (Phi) is 21.1. The van der Waals surface area contributed by atoms with Crippen molar-refractivity contribution in [3.63, 3.8) is 0 Å². The van der Waals surface area contributed by atoms with Crippen LogP contribution >= 0.6 is 0 Å². The van der Waals surface area contributed by atoms with E-state index in [4.69, 9.17) is 18.9 Å². The number of aliphatic hydroxyl groups is 1. The number of rotatable bonds is 9. The van der Waals surface area contributed by atoms with E-state index in [1.54, 1.807) is 65.8 Å². The number of ether oxygens (including phenoxy) is 4. The third kappa shape index (κ3) is 17.2. The second-order valence-corrected chi connectivity index (χ2v) is 30.7. The molecule has 6 aliphatic heterocycles. The van der Waals surface area contributed by atoms with Gasteiger partial charge in [-0.2, -0.15) is 0 Å². The fraction of sp³-hybridized carbons (Fsp3) is 0.642. The van der Waals surface area contributed by atoms with Gasteiger partial charge in [0, 0.05) is 55.4 Å². The lowest BCUT2D eigenvalue weighted by atomic mass is 10.0.